The number of hydrogen-bond acceptors (Lipinski definition) is 2. The predicted octanol–water partition coefficient (Wildman–Crippen LogP) is 4.80. The molecular formula is C17H28N2. The molecule has 0 spiro atoms. The summed E-state index contributed by atoms with van der Waals surface area (Å²) in [5, 5.41) is 3.68. The number of aryl methyl sites for hydroxylation is 1. The van der Waals surface area contributed by atoms with Crippen LogP contribution < -0.4 is 5.32 Å². The van der Waals surface area contributed by atoms with Gasteiger partial charge in [0.2, 0.25) is 0 Å². The number of pyridine rings is 1. The Bertz CT molecular complexity index is 403. The maximum atomic E-state index is 4.22. The van der Waals surface area contributed by atoms with Gasteiger partial charge in [-0.3, -0.25) is 4.98 Å². The first kappa shape index (κ1) is 14.4. The summed E-state index contributed by atoms with van der Waals surface area (Å²) >= 11 is 0. The van der Waals surface area contributed by atoms with E-state index in [1.54, 1.807) is 0 Å². The number of aromatic nitrogens is 1. The Kier molecular flexibility index (Phi) is 4.49. The van der Waals surface area contributed by atoms with Gasteiger partial charge in [-0.1, -0.05) is 27.2 Å². The topological polar surface area (TPSA) is 24.9 Å². The average molecular weight is 260 g/mol. The average Bonchev–Trinajstić information content (AvgIpc) is 2.42. The highest BCUT2D eigenvalue weighted by molar-refractivity contribution is 5.48. The van der Waals surface area contributed by atoms with Gasteiger partial charge in [0.15, 0.2) is 0 Å². The van der Waals surface area contributed by atoms with E-state index >= 15 is 0 Å². The maximum absolute atomic E-state index is 4.22. The monoisotopic (exact) mass is 260 g/mol. The van der Waals surface area contributed by atoms with Crippen molar-refractivity contribution in [2.45, 2.75) is 65.8 Å². The third-order valence-electron chi connectivity index (χ3n) is 5.14. The van der Waals surface area contributed by atoms with Crippen molar-refractivity contribution < 1.29 is 0 Å². The molecule has 1 aromatic heterocycles. The van der Waals surface area contributed by atoms with Crippen LogP contribution in [0.25, 0.3) is 0 Å². The Labute approximate surface area is 118 Å². The second-order valence-corrected chi connectivity index (χ2v) is 6.73. The molecule has 2 nitrogen and oxygen atoms in total. The van der Waals surface area contributed by atoms with Crippen LogP contribution in [0.2, 0.25) is 0 Å². The summed E-state index contributed by atoms with van der Waals surface area (Å²) in [7, 11) is 0. The van der Waals surface area contributed by atoms with Gasteiger partial charge in [-0.05, 0) is 55.6 Å². The zero-order valence-electron chi connectivity index (χ0n) is 12.9. The molecule has 1 N–H and O–H groups in total. The standard InChI is InChI=1S/C17H28N2/c1-5-17(3,4)14-6-8-15(9-7-14)19-16-12-18-11-10-13(16)2/h10-12,14-15,19H,5-9H2,1-4H3. The van der Waals surface area contributed by atoms with E-state index in [0.29, 0.717) is 11.5 Å². The second kappa shape index (κ2) is 5.94. The van der Waals surface area contributed by atoms with E-state index in [0.717, 1.165) is 5.92 Å². The molecule has 2 rings (SSSR count). The molecule has 0 saturated heterocycles. The molecule has 19 heavy (non-hydrogen) atoms. The van der Waals surface area contributed by atoms with Gasteiger partial charge in [0.05, 0.1) is 11.9 Å². The van der Waals surface area contributed by atoms with Crippen molar-refractivity contribution in [3.63, 3.8) is 0 Å². The lowest BCUT2D eigenvalue weighted by Crippen LogP contribution is -2.32. The van der Waals surface area contributed by atoms with Crippen molar-refractivity contribution in [2.24, 2.45) is 11.3 Å². The molecular weight excluding hydrogens is 232 g/mol. The molecule has 1 saturated carbocycles. The molecule has 0 atom stereocenters. The smallest absolute Gasteiger partial charge is 0.0558 e. The lowest BCUT2D eigenvalue weighted by Gasteiger charge is -2.39. The van der Waals surface area contributed by atoms with Gasteiger partial charge in [-0.15, -0.1) is 0 Å². The highest BCUT2D eigenvalue weighted by Gasteiger charge is 2.31. The summed E-state index contributed by atoms with van der Waals surface area (Å²) in [6.45, 7) is 9.33. The van der Waals surface area contributed by atoms with E-state index < -0.39 is 0 Å². The van der Waals surface area contributed by atoms with Crippen LogP contribution in [-0.4, -0.2) is 11.0 Å². The van der Waals surface area contributed by atoms with Crippen molar-refractivity contribution in [3.8, 4) is 0 Å². The van der Waals surface area contributed by atoms with Crippen molar-refractivity contribution in [3.05, 3.63) is 24.0 Å². The summed E-state index contributed by atoms with van der Waals surface area (Å²) in [5.74, 6) is 0.894. The zero-order chi connectivity index (χ0) is 13.9. The first-order chi connectivity index (χ1) is 9.03. The predicted molar refractivity (Wildman–Crippen MR) is 82.4 cm³/mol. The quantitative estimate of drug-likeness (QED) is 0.841. The minimum atomic E-state index is 0.509. The van der Waals surface area contributed by atoms with Crippen molar-refractivity contribution >= 4 is 5.69 Å². The molecule has 0 amide bonds. The van der Waals surface area contributed by atoms with Crippen molar-refractivity contribution in [1.29, 1.82) is 0 Å². The molecule has 106 valence electrons. The van der Waals surface area contributed by atoms with Crippen LogP contribution in [-0.2, 0) is 0 Å². The minimum Gasteiger partial charge on any atom is -0.381 e. The van der Waals surface area contributed by atoms with Crippen LogP contribution in [0.15, 0.2) is 18.5 Å². The van der Waals surface area contributed by atoms with Gasteiger partial charge in [-0.25, -0.2) is 0 Å². The van der Waals surface area contributed by atoms with E-state index in [-0.39, 0.29) is 0 Å². The number of anilines is 1. The molecule has 0 aliphatic heterocycles. The van der Waals surface area contributed by atoms with Crippen molar-refractivity contribution in [2.75, 3.05) is 5.32 Å². The largest absolute Gasteiger partial charge is 0.381 e. The molecule has 0 unspecified atom stereocenters. The fraction of sp³-hybridized carbons (Fsp3) is 0.706. The first-order valence-corrected chi connectivity index (χ1v) is 7.70. The third-order valence-corrected chi connectivity index (χ3v) is 5.14. The fourth-order valence-electron chi connectivity index (χ4n) is 3.14. The van der Waals surface area contributed by atoms with Gasteiger partial charge in [0, 0.05) is 12.2 Å². The van der Waals surface area contributed by atoms with Crippen LogP contribution in [0.5, 0.6) is 0 Å². The van der Waals surface area contributed by atoms with Gasteiger partial charge in [0.25, 0.3) is 0 Å². The Morgan fingerprint density at radius 2 is 1.95 bits per heavy atom. The number of nitrogens with zero attached hydrogens (tertiary/aromatic N) is 1. The number of nitrogens with one attached hydrogen (secondary N) is 1. The third kappa shape index (κ3) is 3.49. The summed E-state index contributed by atoms with van der Waals surface area (Å²) < 4.78 is 0. The van der Waals surface area contributed by atoms with Gasteiger partial charge in [0.1, 0.15) is 0 Å². The molecule has 2 heteroatoms. The van der Waals surface area contributed by atoms with E-state index in [1.807, 2.05) is 12.4 Å². The molecule has 1 aliphatic rings. The lowest BCUT2D eigenvalue weighted by atomic mass is 9.69. The molecule has 1 heterocycles. The van der Waals surface area contributed by atoms with Gasteiger partial charge in [-0.2, -0.15) is 0 Å². The fourth-order valence-corrected chi connectivity index (χ4v) is 3.14. The molecule has 0 aromatic carbocycles. The minimum absolute atomic E-state index is 0.509. The van der Waals surface area contributed by atoms with E-state index in [9.17, 15) is 0 Å². The van der Waals surface area contributed by atoms with E-state index in [2.05, 4.69) is 44.1 Å². The highest BCUT2D eigenvalue weighted by Crippen LogP contribution is 2.40. The Morgan fingerprint density at radius 1 is 1.26 bits per heavy atom. The normalized spacial score (nSPS) is 24.2. The number of hydrogen-bond donors (Lipinski definition) is 1. The Morgan fingerprint density at radius 3 is 2.53 bits per heavy atom. The summed E-state index contributed by atoms with van der Waals surface area (Å²) in [5.41, 5.74) is 3.02. The lowest BCUT2D eigenvalue weighted by molar-refractivity contribution is 0.147. The van der Waals surface area contributed by atoms with Crippen LogP contribution in [0.3, 0.4) is 0 Å². The Balaban J connectivity index is 1.89. The molecule has 1 aromatic rings. The van der Waals surface area contributed by atoms with Crippen molar-refractivity contribution in [1.82, 2.24) is 4.98 Å². The van der Waals surface area contributed by atoms with Gasteiger partial charge < -0.3 is 5.32 Å². The van der Waals surface area contributed by atoms with E-state index in [4.69, 9.17) is 0 Å². The van der Waals surface area contributed by atoms with E-state index in [1.165, 1.54) is 43.4 Å². The summed E-state index contributed by atoms with van der Waals surface area (Å²) in [6.07, 6.45) is 10.4. The van der Waals surface area contributed by atoms with Crippen LogP contribution in [0.4, 0.5) is 5.69 Å². The maximum Gasteiger partial charge on any atom is 0.0558 e. The van der Waals surface area contributed by atoms with Crippen LogP contribution in [0.1, 0.15) is 58.4 Å². The number of rotatable bonds is 4. The second-order valence-electron chi connectivity index (χ2n) is 6.73. The van der Waals surface area contributed by atoms with Crippen LogP contribution >= 0.6 is 0 Å². The first-order valence-electron chi connectivity index (χ1n) is 7.70. The molecule has 1 fully saturated rings. The summed E-state index contributed by atoms with van der Waals surface area (Å²) in [4.78, 5) is 4.22. The zero-order valence-corrected chi connectivity index (χ0v) is 12.9. The molecule has 0 bridgehead atoms. The molecule has 0 radical (unpaired) electrons. The van der Waals surface area contributed by atoms with Crippen LogP contribution in [0, 0.1) is 18.3 Å². The SMILES string of the molecule is CCC(C)(C)C1CCC(Nc2cnccc2C)CC1. The molecule has 1 aliphatic carbocycles. The summed E-state index contributed by atoms with van der Waals surface area (Å²) in [6, 6.07) is 2.71. The Hall–Kier alpha value is -1.05. The highest BCUT2D eigenvalue weighted by atomic mass is 14.9. The van der Waals surface area contributed by atoms with Gasteiger partial charge >= 0.3 is 0 Å².